The zero-order chi connectivity index (χ0) is 12.3. The molecular formula is C14H20N2O. The van der Waals surface area contributed by atoms with Gasteiger partial charge in [-0.05, 0) is 31.5 Å². The second kappa shape index (κ2) is 5.34. The quantitative estimate of drug-likeness (QED) is 0.777. The van der Waals surface area contributed by atoms with Crippen LogP contribution in [0.25, 0.3) is 10.9 Å². The first-order valence-corrected chi connectivity index (χ1v) is 6.00. The summed E-state index contributed by atoms with van der Waals surface area (Å²) in [6, 6.07) is 6.53. The molecular weight excluding hydrogens is 212 g/mol. The molecule has 0 aliphatic carbocycles. The lowest BCUT2D eigenvalue weighted by molar-refractivity contribution is 0.199. The summed E-state index contributed by atoms with van der Waals surface area (Å²) in [6.07, 6.45) is 0. The summed E-state index contributed by atoms with van der Waals surface area (Å²) in [4.78, 5) is 3.42. The van der Waals surface area contributed by atoms with Crippen molar-refractivity contribution in [3.8, 4) is 0 Å². The lowest BCUT2D eigenvalue weighted by Crippen LogP contribution is -2.18. The third-order valence-corrected chi connectivity index (χ3v) is 3.06. The Morgan fingerprint density at radius 1 is 1.29 bits per heavy atom. The predicted octanol–water partition coefficient (Wildman–Crippen LogP) is 2.52. The van der Waals surface area contributed by atoms with Crippen LogP contribution < -0.4 is 5.32 Å². The van der Waals surface area contributed by atoms with E-state index in [1.165, 1.54) is 27.7 Å². The van der Waals surface area contributed by atoms with E-state index in [2.05, 4.69) is 42.3 Å². The Morgan fingerprint density at radius 2 is 2.12 bits per heavy atom. The van der Waals surface area contributed by atoms with Gasteiger partial charge in [0.1, 0.15) is 0 Å². The van der Waals surface area contributed by atoms with E-state index in [1.807, 2.05) is 0 Å². The molecule has 1 heterocycles. The maximum atomic E-state index is 5.03. The molecule has 0 unspecified atom stereocenters. The first kappa shape index (κ1) is 12.1. The third kappa shape index (κ3) is 2.68. The van der Waals surface area contributed by atoms with Gasteiger partial charge in [0.05, 0.1) is 6.61 Å². The number of benzene rings is 1. The van der Waals surface area contributed by atoms with E-state index in [9.17, 15) is 0 Å². The van der Waals surface area contributed by atoms with Gasteiger partial charge in [-0.15, -0.1) is 0 Å². The van der Waals surface area contributed by atoms with Crippen molar-refractivity contribution >= 4 is 10.9 Å². The molecule has 0 saturated heterocycles. The summed E-state index contributed by atoms with van der Waals surface area (Å²) in [5.74, 6) is 0. The summed E-state index contributed by atoms with van der Waals surface area (Å²) in [5, 5.41) is 4.72. The van der Waals surface area contributed by atoms with E-state index < -0.39 is 0 Å². The van der Waals surface area contributed by atoms with E-state index >= 15 is 0 Å². The van der Waals surface area contributed by atoms with Crippen molar-refractivity contribution < 1.29 is 4.74 Å². The molecule has 0 bridgehead atoms. The normalized spacial score (nSPS) is 11.2. The van der Waals surface area contributed by atoms with Crippen molar-refractivity contribution in [2.24, 2.45) is 0 Å². The fourth-order valence-corrected chi connectivity index (χ4v) is 2.11. The van der Waals surface area contributed by atoms with Crippen LogP contribution in [0.4, 0.5) is 0 Å². The van der Waals surface area contributed by atoms with Crippen LogP contribution in [0.3, 0.4) is 0 Å². The Kier molecular flexibility index (Phi) is 3.82. The van der Waals surface area contributed by atoms with Gasteiger partial charge >= 0.3 is 0 Å². The highest BCUT2D eigenvalue weighted by Crippen LogP contribution is 2.22. The summed E-state index contributed by atoms with van der Waals surface area (Å²) >= 11 is 0. The number of aromatic amines is 1. The largest absolute Gasteiger partial charge is 0.383 e. The van der Waals surface area contributed by atoms with Crippen LogP contribution in [0.2, 0.25) is 0 Å². The van der Waals surface area contributed by atoms with E-state index in [4.69, 9.17) is 4.74 Å². The highest BCUT2D eigenvalue weighted by Gasteiger charge is 2.07. The Bertz CT molecular complexity index is 502. The standard InChI is InChI=1S/C14H20N2O/c1-10-4-5-14-12(8-10)13(11(2)16-14)9-15-6-7-17-3/h4-5,8,15-16H,6-7,9H2,1-3H3. The number of aromatic nitrogens is 1. The average molecular weight is 232 g/mol. The van der Waals surface area contributed by atoms with Crippen LogP contribution in [0, 0.1) is 13.8 Å². The number of fused-ring (bicyclic) bond motifs is 1. The molecule has 0 spiro atoms. The lowest BCUT2D eigenvalue weighted by Gasteiger charge is -2.04. The third-order valence-electron chi connectivity index (χ3n) is 3.06. The maximum absolute atomic E-state index is 5.03. The highest BCUT2D eigenvalue weighted by atomic mass is 16.5. The zero-order valence-electron chi connectivity index (χ0n) is 10.8. The molecule has 0 radical (unpaired) electrons. The first-order valence-electron chi connectivity index (χ1n) is 6.00. The molecule has 1 aromatic heterocycles. The highest BCUT2D eigenvalue weighted by molar-refractivity contribution is 5.85. The minimum Gasteiger partial charge on any atom is -0.383 e. The maximum Gasteiger partial charge on any atom is 0.0587 e. The summed E-state index contributed by atoms with van der Waals surface area (Å²) in [7, 11) is 1.72. The van der Waals surface area contributed by atoms with Crippen LogP contribution in [0.5, 0.6) is 0 Å². The number of ether oxygens (including phenoxy) is 1. The Morgan fingerprint density at radius 3 is 2.88 bits per heavy atom. The SMILES string of the molecule is COCCNCc1c(C)[nH]c2ccc(C)cc12. The Balaban J connectivity index is 2.20. The minimum absolute atomic E-state index is 0.750. The van der Waals surface area contributed by atoms with Gasteiger partial charge in [0.15, 0.2) is 0 Å². The van der Waals surface area contributed by atoms with Gasteiger partial charge in [-0.25, -0.2) is 0 Å². The molecule has 2 rings (SSSR count). The Hall–Kier alpha value is -1.32. The van der Waals surface area contributed by atoms with Crippen molar-refractivity contribution in [1.29, 1.82) is 0 Å². The summed E-state index contributed by atoms with van der Waals surface area (Å²) in [6.45, 7) is 6.78. The van der Waals surface area contributed by atoms with Gasteiger partial charge in [-0.3, -0.25) is 0 Å². The second-order valence-corrected chi connectivity index (χ2v) is 4.45. The molecule has 2 aromatic rings. The fraction of sp³-hybridized carbons (Fsp3) is 0.429. The molecule has 0 aliphatic heterocycles. The van der Waals surface area contributed by atoms with Crippen molar-refractivity contribution in [2.75, 3.05) is 20.3 Å². The van der Waals surface area contributed by atoms with Crippen molar-refractivity contribution in [3.05, 3.63) is 35.0 Å². The number of nitrogens with one attached hydrogen (secondary N) is 2. The predicted molar refractivity (Wildman–Crippen MR) is 71.4 cm³/mol. The van der Waals surface area contributed by atoms with E-state index in [0.29, 0.717) is 0 Å². The van der Waals surface area contributed by atoms with Gasteiger partial charge in [0.25, 0.3) is 0 Å². The fourth-order valence-electron chi connectivity index (χ4n) is 2.11. The van der Waals surface area contributed by atoms with Gasteiger partial charge < -0.3 is 15.0 Å². The monoisotopic (exact) mass is 232 g/mol. The van der Waals surface area contributed by atoms with Crippen LogP contribution in [0.15, 0.2) is 18.2 Å². The minimum atomic E-state index is 0.750. The molecule has 1 aromatic carbocycles. The van der Waals surface area contributed by atoms with Crippen LogP contribution >= 0.6 is 0 Å². The van der Waals surface area contributed by atoms with E-state index in [-0.39, 0.29) is 0 Å². The van der Waals surface area contributed by atoms with Gasteiger partial charge in [-0.1, -0.05) is 11.6 Å². The molecule has 92 valence electrons. The number of H-pyrrole nitrogens is 1. The molecule has 3 heteroatoms. The van der Waals surface area contributed by atoms with Gasteiger partial charge in [0, 0.05) is 36.8 Å². The van der Waals surface area contributed by atoms with Crippen molar-refractivity contribution in [1.82, 2.24) is 10.3 Å². The Labute approximate surface area is 102 Å². The molecule has 0 amide bonds. The van der Waals surface area contributed by atoms with E-state index in [0.717, 1.165) is 19.7 Å². The zero-order valence-corrected chi connectivity index (χ0v) is 10.8. The average Bonchev–Trinajstić information content (AvgIpc) is 2.61. The van der Waals surface area contributed by atoms with E-state index in [1.54, 1.807) is 7.11 Å². The summed E-state index contributed by atoms with van der Waals surface area (Å²) in [5.41, 5.74) is 5.13. The van der Waals surface area contributed by atoms with Crippen molar-refractivity contribution in [2.45, 2.75) is 20.4 Å². The number of hydrogen-bond donors (Lipinski definition) is 2. The van der Waals surface area contributed by atoms with Crippen LogP contribution in [-0.2, 0) is 11.3 Å². The summed E-state index contributed by atoms with van der Waals surface area (Å²) < 4.78 is 5.03. The smallest absolute Gasteiger partial charge is 0.0587 e. The van der Waals surface area contributed by atoms with Gasteiger partial charge in [-0.2, -0.15) is 0 Å². The van der Waals surface area contributed by atoms with Crippen molar-refractivity contribution in [3.63, 3.8) is 0 Å². The molecule has 0 saturated carbocycles. The molecule has 3 nitrogen and oxygen atoms in total. The number of aryl methyl sites for hydroxylation is 2. The molecule has 0 aliphatic rings. The number of rotatable bonds is 5. The molecule has 2 N–H and O–H groups in total. The van der Waals surface area contributed by atoms with Crippen LogP contribution in [0.1, 0.15) is 16.8 Å². The second-order valence-electron chi connectivity index (χ2n) is 4.45. The topological polar surface area (TPSA) is 37.0 Å². The lowest BCUT2D eigenvalue weighted by atomic mass is 10.1. The molecule has 17 heavy (non-hydrogen) atoms. The number of hydrogen-bond acceptors (Lipinski definition) is 2. The van der Waals surface area contributed by atoms with Crippen LogP contribution in [-0.4, -0.2) is 25.2 Å². The first-order chi connectivity index (χ1) is 8.22. The number of methoxy groups -OCH3 is 1. The molecule has 0 fully saturated rings. The molecule has 0 atom stereocenters. The van der Waals surface area contributed by atoms with Gasteiger partial charge in [0.2, 0.25) is 0 Å².